The number of ether oxygens (including phenoxy) is 1. The maximum Gasteiger partial charge on any atom is 0.328 e. The Bertz CT molecular complexity index is 697. The first-order chi connectivity index (χ1) is 11.5. The van der Waals surface area contributed by atoms with Gasteiger partial charge < -0.3 is 15.8 Å². The zero-order valence-electron chi connectivity index (χ0n) is 16.3. The van der Waals surface area contributed by atoms with Crippen LogP contribution in [0, 0.1) is 23.2 Å². The van der Waals surface area contributed by atoms with Crippen molar-refractivity contribution in [1.29, 1.82) is 0 Å². The van der Waals surface area contributed by atoms with Gasteiger partial charge in [-0.15, -0.1) is 12.4 Å². The third kappa shape index (κ3) is 7.79. The molecule has 3 N–H and O–H groups in total. The van der Waals surface area contributed by atoms with E-state index in [1.807, 2.05) is 34.6 Å². The van der Waals surface area contributed by atoms with Gasteiger partial charge in [-0.3, -0.25) is 4.79 Å². The molecule has 0 unspecified atom stereocenters. The average molecular weight is 381 g/mol. The predicted molar refractivity (Wildman–Crippen MR) is 107 cm³/mol. The van der Waals surface area contributed by atoms with Crippen LogP contribution in [0.1, 0.15) is 57.0 Å². The van der Waals surface area contributed by atoms with Crippen LogP contribution in [0.4, 0.5) is 5.69 Å². The number of nitrogens with one attached hydrogen (secondary N) is 1. The Kier molecular flexibility index (Phi) is 9.23. The Morgan fingerprint density at radius 2 is 1.88 bits per heavy atom. The SMILES string of the molecule is COC(=O)[C@H](CC(C)C)NC(=O)c1ccc(N)cc1C#CC(C)(C)C.Cl. The Morgan fingerprint density at radius 3 is 2.38 bits per heavy atom. The first kappa shape index (κ1) is 23.8. The van der Waals surface area contributed by atoms with Gasteiger partial charge >= 0.3 is 5.97 Å². The number of rotatable bonds is 5. The van der Waals surface area contributed by atoms with E-state index >= 15 is 0 Å². The fourth-order valence-corrected chi connectivity index (χ4v) is 2.18. The lowest BCUT2D eigenvalue weighted by atomic mass is 9.96. The number of methoxy groups -OCH3 is 1. The molecule has 0 spiro atoms. The molecule has 0 aliphatic carbocycles. The highest BCUT2D eigenvalue weighted by molar-refractivity contribution is 5.99. The normalized spacial score (nSPS) is 11.7. The van der Waals surface area contributed by atoms with Crippen molar-refractivity contribution < 1.29 is 14.3 Å². The van der Waals surface area contributed by atoms with Crippen molar-refractivity contribution >= 4 is 30.0 Å². The summed E-state index contributed by atoms with van der Waals surface area (Å²) in [4.78, 5) is 24.6. The minimum atomic E-state index is -0.696. The van der Waals surface area contributed by atoms with Crippen LogP contribution in [0.15, 0.2) is 18.2 Å². The summed E-state index contributed by atoms with van der Waals surface area (Å²) in [6.07, 6.45) is 0.496. The number of hydrogen-bond donors (Lipinski definition) is 2. The van der Waals surface area contributed by atoms with Crippen molar-refractivity contribution in [3.8, 4) is 11.8 Å². The zero-order chi connectivity index (χ0) is 19.2. The number of carbonyl (C=O) groups is 2. The highest BCUT2D eigenvalue weighted by atomic mass is 35.5. The molecule has 26 heavy (non-hydrogen) atoms. The largest absolute Gasteiger partial charge is 0.467 e. The summed E-state index contributed by atoms with van der Waals surface area (Å²) in [6, 6.07) is 4.25. The summed E-state index contributed by atoms with van der Waals surface area (Å²) < 4.78 is 4.79. The van der Waals surface area contributed by atoms with E-state index in [-0.39, 0.29) is 29.6 Å². The summed E-state index contributed by atoms with van der Waals surface area (Å²) >= 11 is 0. The molecule has 0 aliphatic heterocycles. The standard InChI is InChI=1S/C20H28N2O3.ClH/c1-13(2)11-17(19(24)25-6)22-18(23)16-8-7-15(21)12-14(16)9-10-20(3,4)5;/h7-8,12-13,17H,11,21H2,1-6H3,(H,22,23);1H/t17-;/m0./s1. The maximum absolute atomic E-state index is 12.7. The van der Waals surface area contributed by atoms with Crippen LogP contribution in [0.25, 0.3) is 0 Å². The van der Waals surface area contributed by atoms with E-state index in [9.17, 15) is 9.59 Å². The second kappa shape index (κ2) is 10.1. The van der Waals surface area contributed by atoms with Crippen molar-refractivity contribution in [3.05, 3.63) is 29.3 Å². The third-order valence-electron chi connectivity index (χ3n) is 3.36. The second-order valence-corrected chi connectivity index (χ2v) is 7.48. The number of benzene rings is 1. The molecule has 5 nitrogen and oxygen atoms in total. The van der Waals surface area contributed by atoms with Gasteiger partial charge in [-0.25, -0.2) is 4.79 Å². The molecular weight excluding hydrogens is 352 g/mol. The number of amides is 1. The summed E-state index contributed by atoms with van der Waals surface area (Å²) in [5.41, 5.74) is 7.09. The number of nitrogens with two attached hydrogens (primary N) is 1. The van der Waals surface area contributed by atoms with E-state index in [1.54, 1.807) is 18.2 Å². The molecule has 6 heteroatoms. The molecule has 0 saturated carbocycles. The van der Waals surface area contributed by atoms with Gasteiger partial charge in [-0.05, 0) is 51.3 Å². The first-order valence-corrected chi connectivity index (χ1v) is 8.35. The van der Waals surface area contributed by atoms with Crippen LogP contribution in [0.3, 0.4) is 0 Å². The van der Waals surface area contributed by atoms with Crippen molar-refractivity contribution in [2.75, 3.05) is 12.8 Å². The van der Waals surface area contributed by atoms with Gasteiger partial charge in [0, 0.05) is 16.7 Å². The Balaban J connectivity index is 0.00000625. The van der Waals surface area contributed by atoms with Crippen LogP contribution in [0.5, 0.6) is 0 Å². The lowest BCUT2D eigenvalue weighted by molar-refractivity contribution is -0.143. The number of anilines is 1. The fourth-order valence-electron chi connectivity index (χ4n) is 2.18. The number of halogens is 1. The van der Waals surface area contributed by atoms with Crippen LogP contribution in [-0.4, -0.2) is 25.0 Å². The minimum absolute atomic E-state index is 0. The molecule has 0 radical (unpaired) electrons. The van der Waals surface area contributed by atoms with Gasteiger partial charge in [0.25, 0.3) is 5.91 Å². The van der Waals surface area contributed by atoms with E-state index in [4.69, 9.17) is 10.5 Å². The number of esters is 1. The highest BCUT2D eigenvalue weighted by Gasteiger charge is 2.24. The average Bonchev–Trinajstić information content (AvgIpc) is 2.50. The van der Waals surface area contributed by atoms with Gasteiger partial charge in [0.1, 0.15) is 6.04 Å². The first-order valence-electron chi connectivity index (χ1n) is 8.35. The molecule has 0 heterocycles. The predicted octanol–water partition coefficient (Wildman–Crippen LogP) is 3.41. The maximum atomic E-state index is 12.7. The van der Waals surface area contributed by atoms with E-state index in [1.165, 1.54) is 7.11 Å². The highest BCUT2D eigenvalue weighted by Crippen LogP contribution is 2.16. The van der Waals surface area contributed by atoms with Crippen LogP contribution in [-0.2, 0) is 9.53 Å². The molecule has 1 atom stereocenters. The molecule has 144 valence electrons. The monoisotopic (exact) mass is 380 g/mol. The molecular formula is C20H29ClN2O3. The summed E-state index contributed by atoms with van der Waals surface area (Å²) in [5, 5.41) is 2.75. The number of carbonyl (C=O) groups excluding carboxylic acids is 2. The van der Waals surface area contributed by atoms with Gasteiger partial charge in [-0.1, -0.05) is 25.7 Å². The lowest BCUT2D eigenvalue weighted by Gasteiger charge is -2.19. The molecule has 1 aromatic rings. The zero-order valence-corrected chi connectivity index (χ0v) is 17.1. The van der Waals surface area contributed by atoms with Gasteiger partial charge in [0.05, 0.1) is 12.7 Å². The quantitative estimate of drug-likeness (QED) is 0.466. The molecule has 0 aromatic heterocycles. The van der Waals surface area contributed by atoms with Crippen LogP contribution < -0.4 is 11.1 Å². The Morgan fingerprint density at radius 1 is 1.27 bits per heavy atom. The van der Waals surface area contributed by atoms with E-state index in [2.05, 4.69) is 17.2 Å². The summed E-state index contributed by atoms with van der Waals surface area (Å²) in [6.45, 7) is 9.92. The molecule has 0 bridgehead atoms. The van der Waals surface area contributed by atoms with E-state index in [0.717, 1.165) is 0 Å². The topological polar surface area (TPSA) is 81.4 Å². The van der Waals surface area contributed by atoms with Crippen LogP contribution >= 0.6 is 12.4 Å². The Hall–Kier alpha value is -2.19. The third-order valence-corrected chi connectivity index (χ3v) is 3.36. The molecule has 1 aromatic carbocycles. The lowest BCUT2D eigenvalue weighted by Crippen LogP contribution is -2.42. The fraction of sp³-hybridized carbons (Fsp3) is 0.500. The van der Waals surface area contributed by atoms with E-state index in [0.29, 0.717) is 23.2 Å². The second-order valence-electron chi connectivity index (χ2n) is 7.48. The molecule has 0 fully saturated rings. The van der Waals surface area contributed by atoms with Crippen molar-refractivity contribution in [2.45, 2.75) is 47.1 Å². The van der Waals surface area contributed by atoms with Crippen molar-refractivity contribution in [2.24, 2.45) is 11.3 Å². The van der Waals surface area contributed by atoms with Gasteiger partial charge in [0.15, 0.2) is 0 Å². The van der Waals surface area contributed by atoms with Crippen molar-refractivity contribution in [1.82, 2.24) is 5.32 Å². The Labute approximate surface area is 162 Å². The van der Waals surface area contributed by atoms with Crippen molar-refractivity contribution in [3.63, 3.8) is 0 Å². The van der Waals surface area contributed by atoms with Crippen LogP contribution in [0.2, 0.25) is 0 Å². The number of nitrogen functional groups attached to an aromatic ring is 1. The molecule has 0 aliphatic rings. The molecule has 1 amide bonds. The minimum Gasteiger partial charge on any atom is -0.467 e. The summed E-state index contributed by atoms with van der Waals surface area (Å²) in [5.74, 6) is 5.54. The van der Waals surface area contributed by atoms with E-state index < -0.39 is 12.0 Å². The molecule has 0 saturated heterocycles. The van der Waals surface area contributed by atoms with Gasteiger partial charge in [0.2, 0.25) is 0 Å². The summed E-state index contributed by atoms with van der Waals surface area (Å²) in [7, 11) is 1.31. The number of hydrogen-bond acceptors (Lipinski definition) is 4. The molecule has 1 rings (SSSR count). The van der Waals surface area contributed by atoms with Gasteiger partial charge in [-0.2, -0.15) is 0 Å². The smallest absolute Gasteiger partial charge is 0.328 e.